The van der Waals surface area contributed by atoms with Crippen molar-refractivity contribution in [1.29, 1.82) is 0 Å². The lowest BCUT2D eigenvalue weighted by molar-refractivity contribution is 0.0950. The van der Waals surface area contributed by atoms with Crippen LogP contribution in [0.1, 0.15) is 21.5 Å². The number of hydrogen-bond acceptors (Lipinski definition) is 5. The number of benzene rings is 2. The predicted octanol–water partition coefficient (Wildman–Crippen LogP) is 3.64. The maximum atomic E-state index is 12.5. The largest absolute Gasteiger partial charge is 0.493 e. The number of carbonyl (C=O) groups is 1. The van der Waals surface area contributed by atoms with Gasteiger partial charge in [-0.2, -0.15) is 0 Å². The van der Waals surface area contributed by atoms with Gasteiger partial charge in [0.05, 0.1) is 25.5 Å². The van der Waals surface area contributed by atoms with E-state index in [0.29, 0.717) is 30.2 Å². The van der Waals surface area contributed by atoms with Crippen molar-refractivity contribution in [3.05, 3.63) is 83.7 Å². The Bertz CT molecular complexity index is 929. The lowest BCUT2D eigenvalue weighted by Crippen LogP contribution is -2.23. The number of anilines is 1. The summed E-state index contributed by atoms with van der Waals surface area (Å²) in [5.41, 5.74) is 3.37. The molecule has 0 aliphatic heterocycles. The fourth-order valence-corrected chi connectivity index (χ4v) is 2.74. The van der Waals surface area contributed by atoms with Crippen molar-refractivity contribution in [3.8, 4) is 11.5 Å². The molecule has 0 aliphatic carbocycles. The van der Waals surface area contributed by atoms with Gasteiger partial charge >= 0.3 is 0 Å². The minimum absolute atomic E-state index is 0.189. The van der Waals surface area contributed by atoms with Gasteiger partial charge in [-0.15, -0.1) is 0 Å². The highest BCUT2D eigenvalue weighted by Gasteiger charge is 2.09. The van der Waals surface area contributed by atoms with E-state index in [0.717, 1.165) is 16.8 Å². The Balaban J connectivity index is 1.60. The van der Waals surface area contributed by atoms with Crippen LogP contribution in [0, 0.1) is 0 Å². The number of rotatable bonds is 8. The Kier molecular flexibility index (Phi) is 6.46. The van der Waals surface area contributed by atoms with E-state index in [4.69, 9.17) is 9.47 Å². The summed E-state index contributed by atoms with van der Waals surface area (Å²) in [4.78, 5) is 16.7. The minimum Gasteiger partial charge on any atom is -0.493 e. The maximum absolute atomic E-state index is 12.5. The molecule has 1 aromatic heterocycles. The van der Waals surface area contributed by atoms with Crippen LogP contribution in [0.4, 0.5) is 5.69 Å². The molecule has 28 heavy (non-hydrogen) atoms. The highest BCUT2D eigenvalue weighted by molar-refractivity contribution is 5.94. The SMILES string of the molecule is COc1ccc(CNC(=O)c2cncc(NCc3ccccc3)c2)cc1OC. The van der Waals surface area contributed by atoms with Gasteiger partial charge in [-0.3, -0.25) is 9.78 Å². The first-order valence-electron chi connectivity index (χ1n) is 8.91. The van der Waals surface area contributed by atoms with E-state index in [9.17, 15) is 4.79 Å². The molecule has 0 saturated heterocycles. The van der Waals surface area contributed by atoms with Crippen LogP contribution in [-0.4, -0.2) is 25.1 Å². The zero-order valence-corrected chi connectivity index (χ0v) is 15.9. The third-order valence-corrected chi connectivity index (χ3v) is 4.24. The van der Waals surface area contributed by atoms with Gasteiger partial charge < -0.3 is 20.1 Å². The third-order valence-electron chi connectivity index (χ3n) is 4.24. The summed E-state index contributed by atoms with van der Waals surface area (Å²) < 4.78 is 10.5. The van der Waals surface area contributed by atoms with Crippen LogP contribution < -0.4 is 20.1 Å². The highest BCUT2D eigenvalue weighted by atomic mass is 16.5. The molecule has 144 valence electrons. The van der Waals surface area contributed by atoms with Crippen molar-refractivity contribution < 1.29 is 14.3 Å². The van der Waals surface area contributed by atoms with Crippen LogP contribution in [0.5, 0.6) is 11.5 Å². The summed E-state index contributed by atoms with van der Waals surface area (Å²) in [5.74, 6) is 1.09. The Labute approximate surface area is 164 Å². The Hall–Kier alpha value is -3.54. The van der Waals surface area contributed by atoms with Gasteiger partial charge in [0.25, 0.3) is 5.91 Å². The smallest absolute Gasteiger partial charge is 0.253 e. The third kappa shape index (κ3) is 5.01. The first-order chi connectivity index (χ1) is 13.7. The van der Waals surface area contributed by atoms with Gasteiger partial charge in [-0.05, 0) is 29.3 Å². The number of ether oxygens (including phenoxy) is 2. The maximum Gasteiger partial charge on any atom is 0.253 e. The predicted molar refractivity (Wildman–Crippen MR) is 109 cm³/mol. The number of hydrogen-bond donors (Lipinski definition) is 2. The number of aromatic nitrogens is 1. The molecule has 0 saturated carbocycles. The van der Waals surface area contributed by atoms with E-state index >= 15 is 0 Å². The van der Waals surface area contributed by atoms with Gasteiger partial charge in [0.1, 0.15) is 0 Å². The second kappa shape index (κ2) is 9.41. The normalized spacial score (nSPS) is 10.2. The molecule has 3 aromatic rings. The first kappa shape index (κ1) is 19.2. The summed E-state index contributed by atoms with van der Waals surface area (Å²) in [7, 11) is 3.17. The molecule has 6 heteroatoms. The quantitative estimate of drug-likeness (QED) is 0.627. The van der Waals surface area contributed by atoms with Crippen molar-refractivity contribution in [1.82, 2.24) is 10.3 Å². The molecule has 2 N–H and O–H groups in total. The molecule has 2 aromatic carbocycles. The zero-order chi connectivity index (χ0) is 19.8. The second-order valence-electron chi connectivity index (χ2n) is 6.17. The fraction of sp³-hybridized carbons (Fsp3) is 0.182. The van der Waals surface area contributed by atoms with Gasteiger partial charge in [-0.25, -0.2) is 0 Å². The van der Waals surface area contributed by atoms with Gasteiger partial charge in [-0.1, -0.05) is 36.4 Å². The molecular formula is C22H23N3O3. The molecule has 1 amide bonds. The topological polar surface area (TPSA) is 72.5 Å². The number of carbonyl (C=O) groups excluding carboxylic acids is 1. The van der Waals surface area contributed by atoms with Crippen LogP contribution in [0.2, 0.25) is 0 Å². The lowest BCUT2D eigenvalue weighted by atomic mass is 10.2. The molecule has 0 bridgehead atoms. The van der Waals surface area contributed by atoms with Crippen molar-refractivity contribution in [2.24, 2.45) is 0 Å². The van der Waals surface area contributed by atoms with Crippen LogP contribution in [0.3, 0.4) is 0 Å². The molecule has 0 fully saturated rings. The molecular weight excluding hydrogens is 354 g/mol. The van der Waals surface area contributed by atoms with E-state index in [-0.39, 0.29) is 5.91 Å². The molecule has 1 heterocycles. The molecule has 0 atom stereocenters. The highest BCUT2D eigenvalue weighted by Crippen LogP contribution is 2.27. The first-order valence-corrected chi connectivity index (χ1v) is 8.91. The molecule has 0 spiro atoms. The molecule has 3 rings (SSSR count). The monoisotopic (exact) mass is 377 g/mol. The van der Waals surface area contributed by atoms with Gasteiger partial charge in [0, 0.05) is 25.5 Å². The van der Waals surface area contributed by atoms with E-state index < -0.39 is 0 Å². The fourth-order valence-electron chi connectivity index (χ4n) is 2.74. The number of nitrogens with one attached hydrogen (secondary N) is 2. The second-order valence-corrected chi connectivity index (χ2v) is 6.17. The summed E-state index contributed by atoms with van der Waals surface area (Å²) >= 11 is 0. The van der Waals surface area contributed by atoms with Crippen LogP contribution in [0.25, 0.3) is 0 Å². The molecule has 0 radical (unpaired) electrons. The summed E-state index contributed by atoms with van der Waals surface area (Å²) in [6.45, 7) is 1.04. The number of pyridine rings is 1. The minimum atomic E-state index is -0.189. The van der Waals surface area contributed by atoms with Crippen LogP contribution >= 0.6 is 0 Å². The Morgan fingerprint density at radius 2 is 1.68 bits per heavy atom. The van der Waals surface area contributed by atoms with Gasteiger partial charge in [0.2, 0.25) is 0 Å². The van der Waals surface area contributed by atoms with E-state index in [1.807, 2.05) is 48.5 Å². The Morgan fingerprint density at radius 1 is 0.893 bits per heavy atom. The summed E-state index contributed by atoms with van der Waals surface area (Å²) in [6, 6.07) is 17.4. The van der Waals surface area contributed by atoms with Crippen LogP contribution in [-0.2, 0) is 13.1 Å². The standard InChI is InChI=1S/C22H23N3O3/c1-27-20-9-8-17(10-21(20)28-2)13-25-22(26)18-11-19(15-23-14-18)24-12-16-6-4-3-5-7-16/h3-11,14-15,24H,12-13H2,1-2H3,(H,25,26). The van der Waals surface area contributed by atoms with Crippen molar-refractivity contribution in [2.75, 3.05) is 19.5 Å². The van der Waals surface area contributed by atoms with E-state index in [2.05, 4.69) is 15.6 Å². The summed E-state index contributed by atoms with van der Waals surface area (Å²) in [5, 5.41) is 6.19. The molecule has 0 unspecified atom stereocenters. The van der Waals surface area contributed by atoms with Crippen molar-refractivity contribution >= 4 is 11.6 Å². The van der Waals surface area contributed by atoms with Crippen molar-refractivity contribution in [3.63, 3.8) is 0 Å². The van der Waals surface area contributed by atoms with Crippen molar-refractivity contribution in [2.45, 2.75) is 13.1 Å². The zero-order valence-electron chi connectivity index (χ0n) is 15.9. The number of methoxy groups -OCH3 is 2. The number of nitrogens with zero attached hydrogens (tertiary/aromatic N) is 1. The average Bonchev–Trinajstić information content (AvgIpc) is 2.76. The number of amides is 1. The molecule has 6 nitrogen and oxygen atoms in total. The molecule has 0 aliphatic rings. The average molecular weight is 377 g/mol. The lowest BCUT2D eigenvalue weighted by Gasteiger charge is -2.11. The van der Waals surface area contributed by atoms with Gasteiger partial charge in [0.15, 0.2) is 11.5 Å². The van der Waals surface area contributed by atoms with E-state index in [1.165, 1.54) is 0 Å². The van der Waals surface area contributed by atoms with Crippen LogP contribution in [0.15, 0.2) is 67.0 Å². The Morgan fingerprint density at radius 3 is 2.43 bits per heavy atom. The van der Waals surface area contributed by atoms with E-state index in [1.54, 1.807) is 32.7 Å². The summed E-state index contributed by atoms with van der Waals surface area (Å²) in [6.07, 6.45) is 3.26.